The fourth-order valence-electron chi connectivity index (χ4n) is 2.48. The molecule has 1 aliphatic heterocycles. The number of aryl methyl sites for hydroxylation is 1. The molecule has 1 amide bonds. The zero-order valence-corrected chi connectivity index (χ0v) is 13.9. The topological polar surface area (TPSA) is 32.3 Å². The van der Waals surface area contributed by atoms with E-state index in [4.69, 9.17) is 11.6 Å². The van der Waals surface area contributed by atoms with Crippen molar-refractivity contribution in [3.8, 4) is 0 Å². The van der Waals surface area contributed by atoms with Crippen LogP contribution in [0.25, 0.3) is 0 Å². The Balaban J connectivity index is 1.70. The summed E-state index contributed by atoms with van der Waals surface area (Å²) in [6, 6.07) is 13.8. The van der Waals surface area contributed by atoms with Crippen LogP contribution in [0.4, 0.5) is 11.4 Å². The molecule has 0 saturated heterocycles. The summed E-state index contributed by atoms with van der Waals surface area (Å²) < 4.78 is 0. The van der Waals surface area contributed by atoms with Gasteiger partial charge in [0, 0.05) is 17.2 Å². The Bertz CT molecular complexity index is 705. The molecule has 0 radical (unpaired) electrons. The molecule has 0 atom stereocenters. The summed E-state index contributed by atoms with van der Waals surface area (Å²) in [4.78, 5) is 15.7. The quantitative estimate of drug-likeness (QED) is 0.914. The maximum Gasteiger partial charge on any atom is 0.243 e. The highest BCUT2D eigenvalue weighted by atomic mass is 35.5. The summed E-state index contributed by atoms with van der Waals surface area (Å²) in [5.74, 6) is 0.947. The number of nitrogens with one attached hydrogen (secondary N) is 1. The molecule has 0 bridgehead atoms. The van der Waals surface area contributed by atoms with Crippen molar-refractivity contribution in [2.75, 3.05) is 29.1 Å². The lowest BCUT2D eigenvalue weighted by Gasteiger charge is -2.30. The van der Waals surface area contributed by atoms with Gasteiger partial charge in [-0.3, -0.25) is 4.79 Å². The molecule has 5 heteroatoms. The van der Waals surface area contributed by atoms with Crippen molar-refractivity contribution >= 4 is 40.6 Å². The number of para-hydroxylation sites is 1. The Morgan fingerprint density at radius 2 is 2.14 bits per heavy atom. The number of benzene rings is 2. The molecule has 0 spiro atoms. The van der Waals surface area contributed by atoms with Crippen LogP contribution in [0, 0.1) is 6.92 Å². The van der Waals surface area contributed by atoms with Gasteiger partial charge in [0.15, 0.2) is 0 Å². The lowest BCUT2D eigenvalue weighted by Crippen LogP contribution is -2.36. The largest absolute Gasteiger partial charge is 0.360 e. The van der Waals surface area contributed by atoms with Crippen LogP contribution in [0.2, 0.25) is 5.02 Å². The average molecular weight is 333 g/mol. The van der Waals surface area contributed by atoms with Crippen molar-refractivity contribution in [2.24, 2.45) is 0 Å². The Morgan fingerprint density at radius 3 is 2.95 bits per heavy atom. The summed E-state index contributed by atoms with van der Waals surface area (Å²) in [5, 5.41) is 3.47. The van der Waals surface area contributed by atoms with Crippen molar-refractivity contribution in [2.45, 2.75) is 11.8 Å². The standard InChI is InChI=1S/C17H17ClN2OS/c1-12-6-7-14(13(18)10-12)19-17(21)11-20-8-9-22-16-5-3-2-4-15(16)20/h2-7,10H,8-9,11H2,1H3,(H,19,21). The molecule has 1 N–H and O–H groups in total. The van der Waals surface area contributed by atoms with E-state index in [1.54, 1.807) is 0 Å². The fourth-order valence-corrected chi connectivity index (χ4v) is 3.81. The number of fused-ring (bicyclic) bond motifs is 1. The molecule has 0 fully saturated rings. The number of anilines is 2. The third-order valence-electron chi connectivity index (χ3n) is 3.56. The number of rotatable bonds is 3. The normalized spacial score (nSPS) is 13.6. The number of carbonyl (C=O) groups is 1. The molecule has 3 rings (SSSR count). The first-order valence-corrected chi connectivity index (χ1v) is 8.52. The number of nitrogens with zero attached hydrogens (tertiary/aromatic N) is 1. The van der Waals surface area contributed by atoms with E-state index < -0.39 is 0 Å². The Morgan fingerprint density at radius 1 is 1.32 bits per heavy atom. The zero-order chi connectivity index (χ0) is 15.5. The molecule has 22 heavy (non-hydrogen) atoms. The first kappa shape index (κ1) is 15.3. The summed E-state index contributed by atoms with van der Waals surface area (Å²) in [7, 11) is 0. The van der Waals surface area contributed by atoms with Gasteiger partial charge in [-0.15, -0.1) is 11.8 Å². The highest BCUT2D eigenvalue weighted by Crippen LogP contribution is 2.34. The number of hydrogen-bond donors (Lipinski definition) is 1. The minimum Gasteiger partial charge on any atom is -0.360 e. The van der Waals surface area contributed by atoms with Gasteiger partial charge in [0.05, 0.1) is 22.9 Å². The molecule has 2 aromatic rings. The number of thioether (sulfide) groups is 1. The molecule has 0 aliphatic carbocycles. The second-order valence-electron chi connectivity index (χ2n) is 5.27. The van der Waals surface area contributed by atoms with Crippen LogP contribution in [0.15, 0.2) is 47.4 Å². The van der Waals surface area contributed by atoms with Crippen molar-refractivity contribution in [1.82, 2.24) is 0 Å². The van der Waals surface area contributed by atoms with Gasteiger partial charge >= 0.3 is 0 Å². The predicted octanol–water partition coefficient (Wildman–Crippen LogP) is 4.20. The Hall–Kier alpha value is -1.65. The van der Waals surface area contributed by atoms with E-state index in [2.05, 4.69) is 22.3 Å². The Kier molecular flexibility index (Phi) is 4.60. The van der Waals surface area contributed by atoms with Gasteiger partial charge in [0.2, 0.25) is 5.91 Å². The van der Waals surface area contributed by atoms with Gasteiger partial charge in [-0.05, 0) is 36.8 Å². The monoisotopic (exact) mass is 332 g/mol. The highest BCUT2D eigenvalue weighted by Gasteiger charge is 2.19. The first-order valence-electron chi connectivity index (χ1n) is 7.16. The van der Waals surface area contributed by atoms with Crippen LogP contribution in [-0.2, 0) is 4.79 Å². The smallest absolute Gasteiger partial charge is 0.243 e. The van der Waals surface area contributed by atoms with Crippen LogP contribution >= 0.6 is 23.4 Å². The third-order valence-corrected chi connectivity index (χ3v) is 4.91. The second-order valence-corrected chi connectivity index (χ2v) is 6.81. The SMILES string of the molecule is Cc1ccc(NC(=O)CN2CCSc3ccccc32)c(Cl)c1. The van der Waals surface area contributed by atoms with Gasteiger partial charge < -0.3 is 10.2 Å². The maximum atomic E-state index is 12.3. The van der Waals surface area contributed by atoms with Crippen LogP contribution in [0.1, 0.15) is 5.56 Å². The lowest BCUT2D eigenvalue weighted by molar-refractivity contribution is -0.115. The molecule has 1 heterocycles. The Labute approximate surface area is 139 Å². The van der Waals surface area contributed by atoms with E-state index in [9.17, 15) is 4.79 Å². The number of amides is 1. The molecular weight excluding hydrogens is 316 g/mol. The summed E-state index contributed by atoms with van der Waals surface area (Å²) in [5.41, 5.74) is 2.87. The number of halogens is 1. The molecule has 114 valence electrons. The van der Waals surface area contributed by atoms with Crippen LogP contribution in [0.3, 0.4) is 0 Å². The molecular formula is C17H17ClN2OS. The van der Waals surface area contributed by atoms with E-state index in [0.717, 1.165) is 23.5 Å². The lowest BCUT2D eigenvalue weighted by atomic mass is 10.2. The molecule has 3 nitrogen and oxygen atoms in total. The number of hydrogen-bond acceptors (Lipinski definition) is 3. The van der Waals surface area contributed by atoms with E-state index in [1.165, 1.54) is 4.90 Å². The molecule has 0 aromatic heterocycles. The predicted molar refractivity (Wildman–Crippen MR) is 94.2 cm³/mol. The third kappa shape index (κ3) is 3.39. The van der Waals surface area contributed by atoms with E-state index in [-0.39, 0.29) is 5.91 Å². The fraction of sp³-hybridized carbons (Fsp3) is 0.235. The van der Waals surface area contributed by atoms with Gasteiger partial charge in [0.25, 0.3) is 0 Å². The molecule has 0 unspecified atom stereocenters. The second kappa shape index (κ2) is 6.63. The first-order chi connectivity index (χ1) is 10.6. The van der Waals surface area contributed by atoms with Crippen molar-refractivity contribution in [3.63, 3.8) is 0 Å². The minimum atomic E-state index is -0.0487. The summed E-state index contributed by atoms with van der Waals surface area (Å²) in [6.45, 7) is 3.18. The van der Waals surface area contributed by atoms with Crippen molar-refractivity contribution < 1.29 is 4.79 Å². The van der Waals surface area contributed by atoms with Gasteiger partial charge in [-0.1, -0.05) is 29.8 Å². The summed E-state index contributed by atoms with van der Waals surface area (Å²) >= 11 is 8.00. The van der Waals surface area contributed by atoms with Crippen molar-refractivity contribution in [3.05, 3.63) is 53.1 Å². The molecule has 2 aromatic carbocycles. The zero-order valence-electron chi connectivity index (χ0n) is 12.3. The van der Waals surface area contributed by atoms with E-state index in [1.807, 2.05) is 49.0 Å². The average Bonchev–Trinajstić information content (AvgIpc) is 2.50. The van der Waals surface area contributed by atoms with Gasteiger partial charge in [0.1, 0.15) is 0 Å². The van der Waals surface area contributed by atoms with E-state index in [0.29, 0.717) is 17.3 Å². The van der Waals surface area contributed by atoms with Gasteiger partial charge in [-0.2, -0.15) is 0 Å². The van der Waals surface area contributed by atoms with Gasteiger partial charge in [-0.25, -0.2) is 0 Å². The highest BCUT2D eigenvalue weighted by molar-refractivity contribution is 7.99. The molecule has 0 saturated carbocycles. The van der Waals surface area contributed by atoms with Crippen molar-refractivity contribution in [1.29, 1.82) is 0 Å². The minimum absolute atomic E-state index is 0.0487. The van der Waals surface area contributed by atoms with Crippen LogP contribution in [-0.4, -0.2) is 24.7 Å². The van der Waals surface area contributed by atoms with Crippen LogP contribution in [0.5, 0.6) is 0 Å². The summed E-state index contributed by atoms with van der Waals surface area (Å²) in [6.07, 6.45) is 0. The number of carbonyl (C=O) groups excluding carboxylic acids is 1. The van der Waals surface area contributed by atoms with E-state index >= 15 is 0 Å². The molecule has 1 aliphatic rings. The maximum absolute atomic E-state index is 12.3. The van der Waals surface area contributed by atoms with Crippen LogP contribution < -0.4 is 10.2 Å².